The third kappa shape index (κ3) is 2.71. The maximum Gasteiger partial charge on any atom is 0.278 e. The van der Waals surface area contributed by atoms with E-state index in [2.05, 4.69) is 10.6 Å². The van der Waals surface area contributed by atoms with Gasteiger partial charge in [0.15, 0.2) is 0 Å². The molecule has 23 heavy (non-hydrogen) atoms. The second-order valence-electron chi connectivity index (χ2n) is 6.24. The lowest BCUT2D eigenvalue weighted by Gasteiger charge is -2.51. The SMILES string of the molecule is C[C@](O)(CO)[C@H](O)[C@@]12NC(=O)[C@@](O)(NC1=O)[C@H](CCN)CCO2. The molecule has 0 aromatic heterocycles. The number of nitrogens with two attached hydrogens (primary N) is 1. The van der Waals surface area contributed by atoms with Crippen LogP contribution in [-0.2, 0) is 14.3 Å². The van der Waals surface area contributed by atoms with Crippen LogP contribution in [-0.4, -0.2) is 75.2 Å². The molecule has 8 N–H and O–H groups in total. The van der Waals surface area contributed by atoms with Crippen LogP contribution in [0.5, 0.6) is 0 Å². The number of aliphatic hydroxyl groups is 4. The van der Waals surface area contributed by atoms with Gasteiger partial charge in [-0.25, -0.2) is 0 Å². The Morgan fingerprint density at radius 2 is 2.09 bits per heavy atom. The molecule has 0 spiro atoms. The summed E-state index contributed by atoms with van der Waals surface area (Å²) in [4.78, 5) is 24.8. The van der Waals surface area contributed by atoms with E-state index >= 15 is 0 Å². The van der Waals surface area contributed by atoms with Gasteiger partial charge in [0.2, 0.25) is 5.72 Å². The van der Waals surface area contributed by atoms with E-state index in [0.717, 1.165) is 6.92 Å². The molecule has 5 atom stereocenters. The Kier molecular flexibility index (Phi) is 4.68. The molecule has 3 aliphatic heterocycles. The molecule has 0 unspecified atom stereocenters. The molecule has 0 radical (unpaired) electrons. The lowest BCUT2D eigenvalue weighted by atomic mass is 9.81. The Morgan fingerprint density at radius 1 is 1.43 bits per heavy atom. The van der Waals surface area contributed by atoms with Gasteiger partial charge in [0.25, 0.3) is 17.5 Å². The quantitative estimate of drug-likeness (QED) is 0.267. The van der Waals surface area contributed by atoms with Crippen molar-refractivity contribution in [1.82, 2.24) is 10.6 Å². The summed E-state index contributed by atoms with van der Waals surface area (Å²) in [6.45, 7) is 0.344. The third-order valence-electron chi connectivity index (χ3n) is 4.48. The van der Waals surface area contributed by atoms with Crippen molar-refractivity contribution in [2.24, 2.45) is 11.7 Å². The van der Waals surface area contributed by atoms with Gasteiger partial charge in [-0.3, -0.25) is 9.59 Å². The molecule has 3 rings (SSSR count). The van der Waals surface area contributed by atoms with Gasteiger partial charge in [0, 0.05) is 5.92 Å². The van der Waals surface area contributed by atoms with Crippen molar-refractivity contribution in [3.8, 4) is 0 Å². The first-order chi connectivity index (χ1) is 10.6. The Bertz CT molecular complexity index is 500. The minimum atomic E-state index is -2.30. The van der Waals surface area contributed by atoms with E-state index in [1.165, 1.54) is 0 Å². The van der Waals surface area contributed by atoms with Gasteiger partial charge in [-0.15, -0.1) is 0 Å². The van der Waals surface area contributed by atoms with Crippen LogP contribution in [0.1, 0.15) is 19.8 Å². The predicted molar refractivity (Wildman–Crippen MR) is 75.4 cm³/mol. The van der Waals surface area contributed by atoms with Crippen molar-refractivity contribution >= 4 is 11.8 Å². The van der Waals surface area contributed by atoms with Crippen LogP contribution in [0.2, 0.25) is 0 Å². The molecule has 0 aromatic carbocycles. The number of rotatable bonds is 5. The number of nitrogens with one attached hydrogen (secondary N) is 2. The Hall–Kier alpha value is -1.30. The molecule has 132 valence electrons. The average molecular weight is 333 g/mol. The monoisotopic (exact) mass is 333 g/mol. The molecule has 3 fully saturated rings. The lowest BCUT2D eigenvalue weighted by molar-refractivity contribution is -0.241. The van der Waals surface area contributed by atoms with Crippen molar-refractivity contribution in [2.75, 3.05) is 19.8 Å². The average Bonchev–Trinajstić information content (AvgIpc) is 2.49. The second-order valence-corrected chi connectivity index (χ2v) is 6.24. The van der Waals surface area contributed by atoms with E-state index in [9.17, 15) is 30.0 Å². The topological polar surface area (TPSA) is 174 Å². The summed E-state index contributed by atoms with van der Waals surface area (Å²) >= 11 is 0. The summed E-state index contributed by atoms with van der Waals surface area (Å²) < 4.78 is 5.39. The molecule has 2 amide bonds. The molecule has 0 aliphatic carbocycles. The number of hydrogen-bond donors (Lipinski definition) is 7. The van der Waals surface area contributed by atoms with Gasteiger partial charge in [0.05, 0.1) is 13.2 Å². The molecule has 2 bridgehead atoms. The second kappa shape index (κ2) is 5.96. The maximum atomic E-state index is 12.5. The van der Waals surface area contributed by atoms with Crippen molar-refractivity contribution < 1.29 is 34.8 Å². The molecule has 3 saturated heterocycles. The number of piperazine rings is 1. The van der Waals surface area contributed by atoms with Gasteiger partial charge in [0.1, 0.15) is 11.7 Å². The fourth-order valence-electron chi connectivity index (χ4n) is 2.95. The number of aliphatic hydroxyl groups excluding tert-OH is 2. The zero-order valence-electron chi connectivity index (χ0n) is 12.8. The Morgan fingerprint density at radius 3 is 2.65 bits per heavy atom. The number of amides is 2. The largest absolute Gasteiger partial charge is 0.393 e. The van der Waals surface area contributed by atoms with Crippen LogP contribution >= 0.6 is 0 Å². The highest BCUT2D eigenvalue weighted by Crippen LogP contribution is 2.34. The molecule has 10 heteroatoms. The Labute approximate surface area is 132 Å². The molecular weight excluding hydrogens is 310 g/mol. The van der Waals surface area contributed by atoms with Crippen LogP contribution in [0.25, 0.3) is 0 Å². The van der Waals surface area contributed by atoms with Crippen molar-refractivity contribution in [3.63, 3.8) is 0 Å². The van der Waals surface area contributed by atoms with Crippen LogP contribution < -0.4 is 16.4 Å². The molecule has 0 saturated carbocycles. The van der Waals surface area contributed by atoms with Gasteiger partial charge >= 0.3 is 0 Å². The highest BCUT2D eigenvalue weighted by Gasteiger charge is 2.64. The first-order valence-electron chi connectivity index (χ1n) is 7.37. The van der Waals surface area contributed by atoms with Gasteiger partial charge in [-0.2, -0.15) is 0 Å². The number of carbonyl (C=O) groups is 2. The van der Waals surface area contributed by atoms with Crippen molar-refractivity contribution in [1.29, 1.82) is 0 Å². The fraction of sp³-hybridized carbons (Fsp3) is 0.846. The lowest BCUT2D eigenvalue weighted by Crippen LogP contribution is -2.83. The van der Waals surface area contributed by atoms with E-state index in [-0.39, 0.29) is 26.0 Å². The van der Waals surface area contributed by atoms with E-state index in [4.69, 9.17) is 10.5 Å². The van der Waals surface area contributed by atoms with Gasteiger partial charge in [-0.1, -0.05) is 0 Å². The third-order valence-corrected chi connectivity index (χ3v) is 4.48. The number of fused-ring (bicyclic) bond motifs is 5. The van der Waals surface area contributed by atoms with Crippen LogP contribution in [0, 0.1) is 5.92 Å². The zero-order chi connectivity index (χ0) is 17.5. The summed E-state index contributed by atoms with van der Waals surface area (Å²) in [6.07, 6.45) is -1.48. The van der Waals surface area contributed by atoms with Crippen molar-refractivity contribution in [3.05, 3.63) is 0 Å². The summed E-state index contributed by atoms with van der Waals surface area (Å²) in [6, 6.07) is 0. The highest BCUT2D eigenvalue weighted by atomic mass is 16.5. The fourth-order valence-corrected chi connectivity index (χ4v) is 2.95. The normalized spacial score (nSPS) is 38.1. The maximum absolute atomic E-state index is 12.5. The predicted octanol–water partition coefficient (Wildman–Crippen LogP) is -3.89. The highest BCUT2D eigenvalue weighted by molar-refractivity contribution is 6.01. The first-order valence-corrected chi connectivity index (χ1v) is 7.37. The zero-order valence-corrected chi connectivity index (χ0v) is 12.8. The number of carbonyl (C=O) groups excluding carboxylic acids is 2. The first kappa shape index (κ1) is 18.0. The smallest absolute Gasteiger partial charge is 0.278 e. The summed E-state index contributed by atoms with van der Waals surface area (Å²) in [7, 11) is 0. The van der Waals surface area contributed by atoms with Crippen LogP contribution in [0.4, 0.5) is 0 Å². The van der Waals surface area contributed by atoms with E-state index in [0.29, 0.717) is 0 Å². The summed E-state index contributed by atoms with van der Waals surface area (Å²) in [5, 5.41) is 44.4. The Balaban J connectivity index is 2.41. The standard InChI is InChI=1S/C13H23N3O7/c1-11(21,6-17)8(18)13-10(20)15-12(22,9(19)16-13)7(2-4-14)3-5-23-13/h7-8,17-18,21-22H,2-6,14H2,1H3,(H,15,20)(H,16,19)/t7-,8+,11+,12-,13+/m1/s1. The van der Waals surface area contributed by atoms with E-state index in [1.807, 2.05) is 0 Å². The van der Waals surface area contributed by atoms with Crippen LogP contribution in [0.15, 0.2) is 0 Å². The molecule has 10 nitrogen and oxygen atoms in total. The number of ether oxygens (including phenoxy) is 1. The van der Waals surface area contributed by atoms with Gasteiger partial charge in [-0.05, 0) is 26.3 Å². The van der Waals surface area contributed by atoms with Gasteiger partial charge < -0.3 is 41.5 Å². The van der Waals surface area contributed by atoms with E-state index in [1.54, 1.807) is 0 Å². The number of hydrogen-bond acceptors (Lipinski definition) is 8. The molecular formula is C13H23N3O7. The van der Waals surface area contributed by atoms with Crippen LogP contribution in [0.3, 0.4) is 0 Å². The summed E-state index contributed by atoms with van der Waals surface area (Å²) in [5.41, 5.74) is -1.12. The minimum Gasteiger partial charge on any atom is -0.393 e. The molecule has 3 heterocycles. The molecule has 3 aliphatic rings. The van der Waals surface area contributed by atoms with E-state index < -0.39 is 47.5 Å². The minimum absolute atomic E-state index is 0.0702. The van der Waals surface area contributed by atoms with Crippen molar-refractivity contribution in [2.45, 2.75) is 42.9 Å². The summed E-state index contributed by atoms with van der Waals surface area (Å²) in [5.74, 6) is -2.64. The molecule has 0 aromatic rings.